The summed E-state index contributed by atoms with van der Waals surface area (Å²) in [6.45, 7) is 13.8. The van der Waals surface area contributed by atoms with Gasteiger partial charge >= 0.3 is 27.7 Å². The molecule has 3 N–H and O–H groups in total. The molecule has 0 bridgehead atoms. The molecule has 0 saturated heterocycles. The van der Waals surface area contributed by atoms with Crippen LogP contribution in [0.15, 0.2) is 534 Å². The molecular formula is C123H128ClN2O6P9Pd3S3+6. The van der Waals surface area contributed by atoms with Crippen LogP contribution < -0.4 is 95.5 Å². The van der Waals surface area contributed by atoms with E-state index in [1.54, 1.807) is 0 Å². The van der Waals surface area contributed by atoms with Crippen LogP contribution in [0, 0.1) is 34.4 Å². The van der Waals surface area contributed by atoms with Crippen molar-refractivity contribution >= 4 is 230 Å². The standard InChI is InChI=1S/4C19H17P.2C18H15P.C5H9N2.3C2H4O2.ClH.3HPS.3Pd/c4*1-16-12-14-19(15-13-16)20(17-8-4-2-5-9-17)18-10-6-3-7-11-18;2*1-4-10-16(11-5-1)19(17-12-6-2-7-13-17)18-14-8-3-9-15-18;1-6-3-4-7(2)5-6;3*1-2(3)4;;3*1-2;;;/h4*2-15H,1H3;2*1-15H;3-5H,1-2H3;3*1H3,(H,3,4);1H;3*1H;;;/q;;;;;;-1;;;;;;;;;;+2/p+5. The molecule has 147 heavy (non-hydrogen) atoms. The van der Waals surface area contributed by atoms with Gasteiger partial charge < -0.3 is 25.1 Å². The van der Waals surface area contributed by atoms with Gasteiger partial charge in [-0.1, -0.05) is 361 Å². The fraction of sp³-hybridized carbons (Fsp3) is 0.0732. The number of rotatable bonds is 18. The summed E-state index contributed by atoms with van der Waals surface area (Å²) < 4.78 is 0. The van der Waals surface area contributed by atoms with Crippen molar-refractivity contribution in [2.75, 3.05) is 14.1 Å². The SMILES string of the molecule is CC(=O)O.CC(=O)O.CC(=O)O.CN1C=CN(C)[CH-]1.Cc1ccc([PH+](c2ccccc2)c2ccccc2)cc1.Cc1ccc([PH+](c2ccccc2)c2ccccc2)cc1.Cc1ccc([PH+](c2ccccc2)c2ccccc2)cc1.Cc1ccc([PH+](c2ccccc2)c2ccccc2)cc1.P=S.P=S.P=S.[Cl][Pd+].[Pd].[Pd].c1ccc([PH+](c2ccccc2)c2ccccc2)cc1.c1ccc([PH+](c2ccccc2)c2ccccc2)cc1. The summed E-state index contributed by atoms with van der Waals surface area (Å²) >= 11 is 13.9. The van der Waals surface area contributed by atoms with Crippen LogP contribution >= 0.6 is 81.1 Å². The van der Waals surface area contributed by atoms with Gasteiger partial charge in [0.2, 0.25) is 0 Å². The van der Waals surface area contributed by atoms with Crippen LogP contribution in [0.4, 0.5) is 0 Å². The van der Waals surface area contributed by atoms with E-state index in [9.17, 15) is 0 Å². The molecule has 8 nitrogen and oxygen atoms in total. The van der Waals surface area contributed by atoms with E-state index >= 15 is 0 Å². The minimum Gasteiger partial charge on any atom is -0.0620 e. The third kappa shape index (κ3) is 49.2. The molecule has 760 valence electrons. The molecule has 1 aliphatic rings. The first kappa shape index (κ1) is 129. The summed E-state index contributed by atoms with van der Waals surface area (Å²) in [5, 5.41) is 48.1. The van der Waals surface area contributed by atoms with Crippen molar-refractivity contribution < 1.29 is 88.7 Å². The van der Waals surface area contributed by atoms with Crippen LogP contribution in [0.2, 0.25) is 0 Å². The maximum absolute atomic E-state index is 9.00. The largest absolute Gasteiger partial charge is 0.102 e. The van der Waals surface area contributed by atoms with Crippen molar-refractivity contribution in [3.05, 3.63) is 563 Å². The fourth-order valence-corrected chi connectivity index (χ4v) is 30.3. The van der Waals surface area contributed by atoms with Gasteiger partial charge in [-0.15, -0.1) is 0 Å². The Bertz CT molecular complexity index is 5510. The van der Waals surface area contributed by atoms with E-state index < -0.39 is 65.4 Å². The summed E-state index contributed by atoms with van der Waals surface area (Å²) in [5.41, 5.74) is 5.26. The van der Waals surface area contributed by atoms with Gasteiger partial charge in [-0.2, -0.15) is 6.67 Å². The molecule has 0 aliphatic carbocycles. The summed E-state index contributed by atoms with van der Waals surface area (Å²) in [4.78, 5) is 31.0. The summed E-state index contributed by atoms with van der Waals surface area (Å²) in [6, 6.07) is 188. The van der Waals surface area contributed by atoms with Gasteiger partial charge in [0.1, 0.15) is 95.5 Å². The molecule has 24 heteroatoms. The first-order chi connectivity index (χ1) is 70.8. The zero-order chi connectivity index (χ0) is 105. The van der Waals surface area contributed by atoms with Gasteiger partial charge in [0.15, 0.2) is 0 Å². The molecule has 0 aromatic heterocycles. The third-order valence-corrected chi connectivity index (χ3v) is 37.5. The molecule has 0 fully saturated rings. The van der Waals surface area contributed by atoms with E-state index in [0.717, 1.165) is 20.8 Å². The van der Waals surface area contributed by atoms with Crippen molar-refractivity contribution in [2.45, 2.75) is 48.5 Å². The van der Waals surface area contributed by atoms with E-state index in [1.807, 2.05) is 43.0 Å². The Balaban J connectivity index is 0.000000348. The van der Waals surface area contributed by atoms with E-state index in [1.165, 1.54) is 118 Å². The zero-order valence-electron chi connectivity index (χ0n) is 83.4. The number of nitrogens with zero attached hydrogens (tertiary/aromatic N) is 2. The quantitative estimate of drug-likeness (QED) is 0.0433. The molecule has 1 heterocycles. The molecule has 0 radical (unpaired) electrons. The second-order valence-electron chi connectivity index (χ2n) is 32.1. The Morgan fingerprint density at radius 3 is 0.347 bits per heavy atom. The number of halogens is 1. The Labute approximate surface area is 944 Å². The van der Waals surface area contributed by atoms with Crippen LogP contribution in [0.3, 0.4) is 0 Å². The molecule has 0 spiro atoms. The Morgan fingerprint density at radius 1 is 0.204 bits per heavy atom. The molecule has 0 unspecified atom stereocenters. The van der Waals surface area contributed by atoms with Gasteiger partial charge in [0.25, 0.3) is 17.9 Å². The first-order valence-electron chi connectivity index (χ1n) is 46.3. The van der Waals surface area contributed by atoms with Crippen LogP contribution in [0.5, 0.6) is 0 Å². The number of carboxylic acid groups (broad SMARTS) is 3. The average Bonchev–Trinajstić information content (AvgIpc) is 1.26. The Morgan fingerprint density at radius 2 is 0.279 bits per heavy atom. The van der Waals surface area contributed by atoms with Gasteiger partial charge in [0, 0.05) is 61.6 Å². The molecule has 0 saturated carbocycles. The number of aryl methyl sites for hydroxylation is 4. The number of benzene rings is 18. The van der Waals surface area contributed by atoms with E-state index in [-0.39, 0.29) is 40.8 Å². The first-order valence-corrected chi connectivity index (χ1v) is 62.2. The van der Waals surface area contributed by atoms with Gasteiger partial charge in [-0.25, -0.2) is 0 Å². The maximum atomic E-state index is 9.00. The monoisotopic (exact) mass is 2460 g/mol. The fourth-order valence-electron chi connectivity index (χ4n) is 14.9. The number of hydrogen-bond acceptors (Lipinski definition) is 8. The summed E-state index contributed by atoms with van der Waals surface area (Å²) in [7, 11) is 10.8. The summed E-state index contributed by atoms with van der Waals surface area (Å²) in [5.74, 6) is -2.50. The predicted molar refractivity (Wildman–Crippen MR) is 660 cm³/mol. The normalized spacial score (nSPS) is 10.1. The smallest absolute Gasteiger partial charge is 0.0620 e. The van der Waals surface area contributed by atoms with Gasteiger partial charge in [0.05, 0.1) is 47.5 Å². The molecule has 1 aliphatic heterocycles. The minimum absolute atomic E-state index is 0. The van der Waals surface area contributed by atoms with Crippen molar-refractivity contribution in [1.82, 2.24) is 9.80 Å². The van der Waals surface area contributed by atoms with E-state index in [2.05, 4.69) is 637 Å². The Hall–Kier alpha value is -9.87. The Kier molecular flexibility index (Phi) is 69.0. The van der Waals surface area contributed by atoms with Crippen LogP contribution in [-0.2, 0) is 109 Å². The number of carbonyl (C=O) groups is 3. The maximum Gasteiger partial charge on any atom is 0.102 e. The van der Waals surface area contributed by atoms with Crippen LogP contribution in [0.1, 0.15) is 43.0 Å². The minimum atomic E-state index is -0.894. The molecule has 19 rings (SSSR count). The summed E-state index contributed by atoms with van der Waals surface area (Å²) in [6.07, 6.45) is 4.00. The van der Waals surface area contributed by atoms with Gasteiger partial charge in [-0.05, 0) is 297 Å². The second-order valence-corrected chi connectivity index (χ2v) is 47.0. The number of hydrogen-bond donors (Lipinski definition) is 3. The molecule has 18 aromatic rings. The molecule has 18 aromatic carbocycles. The molecule has 0 atom stereocenters. The van der Waals surface area contributed by atoms with Crippen LogP contribution in [-0.4, -0.2) is 57.1 Å². The zero-order valence-corrected chi connectivity index (χ0v) is 100. The van der Waals surface area contributed by atoms with Crippen molar-refractivity contribution in [1.29, 1.82) is 0 Å². The predicted octanol–water partition coefficient (Wildman–Crippen LogP) is 23.5. The van der Waals surface area contributed by atoms with Crippen molar-refractivity contribution in [3.63, 3.8) is 0 Å². The number of carboxylic acids is 3. The van der Waals surface area contributed by atoms with Gasteiger partial charge in [-0.3, -0.25) is 14.4 Å². The van der Waals surface area contributed by atoms with E-state index in [4.69, 9.17) is 29.7 Å². The van der Waals surface area contributed by atoms with Crippen LogP contribution in [0.25, 0.3) is 0 Å². The van der Waals surface area contributed by atoms with Crippen molar-refractivity contribution in [2.24, 2.45) is 0 Å². The number of aliphatic carboxylic acids is 3. The third-order valence-electron chi connectivity index (χ3n) is 21.1. The molecule has 0 amide bonds. The van der Waals surface area contributed by atoms with Crippen molar-refractivity contribution in [3.8, 4) is 0 Å². The molecular weight excluding hydrogens is 2330 g/mol. The second kappa shape index (κ2) is 78.3. The van der Waals surface area contributed by atoms with E-state index in [0.29, 0.717) is 0 Å². The topological polar surface area (TPSA) is 118 Å². The average molecular weight is 2460 g/mol.